The predicted molar refractivity (Wildman–Crippen MR) is 120 cm³/mol. The van der Waals surface area contributed by atoms with Gasteiger partial charge in [-0.05, 0) is 60.5 Å². The van der Waals surface area contributed by atoms with Crippen LogP contribution in [0.5, 0.6) is 5.75 Å². The number of hydrogen-bond donors (Lipinski definition) is 2. The summed E-state index contributed by atoms with van der Waals surface area (Å²) >= 11 is 3.31. The molecule has 3 aromatic rings. The molecule has 0 heterocycles. The molecule has 0 saturated heterocycles. The van der Waals surface area contributed by atoms with Gasteiger partial charge in [-0.1, -0.05) is 46.3 Å². The third-order valence-corrected chi connectivity index (χ3v) is 6.10. The molecule has 30 heavy (non-hydrogen) atoms. The molecular formula is C22H21BrN2O4S. The Bertz CT molecular complexity index is 1070. The minimum atomic E-state index is -3.71. The molecule has 0 fully saturated rings. The molecule has 0 saturated carbocycles. The number of carbonyl (C=O) groups is 1. The second-order valence-electron chi connectivity index (χ2n) is 6.46. The van der Waals surface area contributed by atoms with E-state index in [1.165, 1.54) is 24.3 Å². The molecule has 8 heteroatoms. The number of halogens is 1. The number of rotatable bonds is 9. The van der Waals surface area contributed by atoms with Gasteiger partial charge >= 0.3 is 0 Å². The summed E-state index contributed by atoms with van der Waals surface area (Å²) in [5.41, 5.74) is 1.61. The molecule has 0 atom stereocenters. The van der Waals surface area contributed by atoms with Gasteiger partial charge in [0.25, 0.3) is 15.9 Å². The van der Waals surface area contributed by atoms with Crippen LogP contribution in [0.2, 0.25) is 0 Å². The molecule has 6 nitrogen and oxygen atoms in total. The molecule has 2 N–H and O–H groups in total. The van der Waals surface area contributed by atoms with E-state index in [0.717, 1.165) is 16.5 Å². The van der Waals surface area contributed by atoms with Gasteiger partial charge in [-0.25, -0.2) is 8.42 Å². The van der Waals surface area contributed by atoms with Crippen molar-refractivity contribution in [3.8, 4) is 5.75 Å². The Hall–Kier alpha value is -2.84. The highest BCUT2D eigenvalue weighted by Crippen LogP contribution is 2.20. The fourth-order valence-corrected chi connectivity index (χ4v) is 3.96. The van der Waals surface area contributed by atoms with Gasteiger partial charge in [-0.15, -0.1) is 0 Å². The molecule has 156 valence electrons. The minimum Gasteiger partial charge on any atom is -0.484 e. The van der Waals surface area contributed by atoms with E-state index in [9.17, 15) is 13.2 Å². The van der Waals surface area contributed by atoms with Gasteiger partial charge in [-0.3, -0.25) is 9.52 Å². The second kappa shape index (κ2) is 10.3. The summed E-state index contributed by atoms with van der Waals surface area (Å²) in [5, 5.41) is 2.80. The van der Waals surface area contributed by atoms with Gasteiger partial charge in [0, 0.05) is 16.7 Å². The molecule has 3 aromatic carbocycles. The lowest BCUT2D eigenvalue weighted by Crippen LogP contribution is -2.30. The summed E-state index contributed by atoms with van der Waals surface area (Å²) in [7, 11) is -3.71. The lowest BCUT2D eigenvalue weighted by atomic mass is 10.1. The van der Waals surface area contributed by atoms with Crippen molar-refractivity contribution in [3.63, 3.8) is 0 Å². The van der Waals surface area contributed by atoms with Crippen LogP contribution in [0, 0.1) is 0 Å². The van der Waals surface area contributed by atoms with E-state index in [4.69, 9.17) is 4.74 Å². The third-order valence-electron chi connectivity index (χ3n) is 4.18. The first kappa shape index (κ1) is 21.9. The number of hydrogen-bond acceptors (Lipinski definition) is 4. The van der Waals surface area contributed by atoms with Crippen molar-refractivity contribution >= 4 is 37.5 Å². The number of nitrogens with one attached hydrogen (secondary N) is 2. The smallest absolute Gasteiger partial charge is 0.261 e. The maximum absolute atomic E-state index is 12.5. The molecule has 0 unspecified atom stereocenters. The standard InChI is InChI=1S/C22H21BrN2O4S/c23-18-6-8-19(9-7-18)25-30(27,28)21-12-10-20(11-13-21)29-16-22(26)24-15-14-17-4-2-1-3-5-17/h1-13,25H,14-16H2,(H,24,26). The summed E-state index contributed by atoms with van der Waals surface area (Å²) in [6, 6.07) is 22.6. The summed E-state index contributed by atoms with van der Waals surface area (Å²) < 4.78 is 33.8. The van der Waals surface area contributed by atoms with Crippen molar-refractivity contribution in [3.05, 3.63) is 88.9 Å². The number of sulfonamides is 1. The average molecular weight is 489 g/mol. The van der Waals surface area contributed by atoms with Gasteiger partial charge in [0.1, 0.15) is 5.75 Å². The molecule has 0 aliphatic rings. The molecule has 0 spiro atoms. The van der Waals surface area contributed by atoms with Crippen LogP contribution in [0.3, 0.4) is 0 Å². The first-order chi connectivity index (χ1) is 14.4. The maximum Gasteiger partial charge on any atom is 0.261 e. The first-order valence-electron chi connectivity index (χ1n) is 9.24. The lowest BCUT2D eigenvalue weighted by molar-refractivity contribution is -0.123. The fraction of sp³-hybridized carbons (Fsp3) is 0.136. The molecule has 0 radical (unpaired) electrons. The van der Waals surface area contributed by atoms with Crippen molar-refractivity contribution in [1.82, 2.24) is 5.32 Å². The van der Waals surface area contributed by atoms with Crippen LogP contribution in [0.1, 0.15) is 5.56 Å². The molecule has 0 aliphatic carbocycles. The van der Waals surface area contributed by atoms with Crippen molar-refractivity contribution in [2.24, 2.45) is 0 Å². The van der Waals surface area contributed by atoms with Crippen molar-refractivity contribution in [2.75, 3.05) is 17.9 Å². The molecular weight excluding hydrogens is 468 g/mol. The van der Waals surface area contributed by atoms with E-state index in [2.05, 4.69) is 26.0 Å². The van der Waals surface area contributed by atoms with Crippen LogP contribution in [-0.4, -0.2) is 27.5 Å². The zero-order chi connectivity index (χ0) is 21.4. The lowest BCUT2D eigenvalue weighted by Gasteiger charge is -2.10. The highest BCUT2D eigenvalue weighted by atomic mass is 79.9. The molecule has 0 aliphatic heterocycles. The quantitative estimate of drug-likeness (QED) is 0.476. The Morgan fingerprint density at radius 1 is 0.900 bits per heavy atom. The fourth-order valence-electron chi connectivity index (χ4n) is 2.64. The topological polar surface area (TPSA) is 84.5 Å². The van der Waals surface area contributed by atoms with E-state index in [-0.39, 0.29) is 17.4 Å². The zero-order valence-corrected chi connectivity index (χ0v) is 18.4. The Morgan fingerprint density at radius 2 is 1.57 bits per heavy atom. The highest BCUT2D eigenvalue weighted by molar-refractivity contribution is 9.10. The monoisotopic (exact) mass is 488 g/mol. The van der Waals surface area contributed by atoms with Gasteiger partial charge in [0.05, 0.1) is 4.90 Å². The van der Waals surface area contributed by atoms with Crippen LogP contribution in [0.25, 0.3) is 0 Å². The first-order valence-corrected chi connectivity index (χ1v) is 11.5. The van der Waals surface area contributed by atoms with Gasteiger partial charge in [0.15, 0.2) is 6.61 Å². The van der Waals surface area contributed by atoms with Crippen LogP contribution in [0.4, 0.5) is 5.69 Å². The Morgan fingerprint density at radius 3 is 2.23 bits per heavy atom. The number of amides is 1. The van der Waals surface area contributed by atoms with Gasteiger partial charge in [-0.2, -0.15) is 0 Å². The van der Waals surface area contributed by atoms with Crippen LogP contribution in [-0.2, 0) is 21.2 Å². The number of ether oxygens (including phenoxy) is 1. The Kier molecular flexibility index (Phi) is 7.48. The summed E-state index contributed by atoms with van der Waals surface area (Å²) in [5.74, 6) is 0.176. The molecule has 0 aromatic heterocycles. The Labute approximate surface area is 184 Å². The highest BCUT2D eigenvalue weighted by Gasteiger charge is 2.14. The van der Waals surface area contributed by atoms with E-state index >= 15 is 0 Å². The van der Waals surface area contributed by atoms with Crippen molar-refractivity contribution in [2.45, 2.75) is 11.3 Å². The Balaban J connectivity index is 1.47. The van der Waals surface area contributed by atoms with E-state index in [1.807, 2.05) is 30.3 Å². The van der Waals surface area contributed by atoms with E-state index < -0.39 is 10.0 Å². The third kappa shape index (κ3) is 6.60. The molecule has 3 rings (SSSR count). The van der Waals surface area contributed by atoms with Gasteiger partial charge < -0.3 is 10.1 Å². The SMILES string of the molecule is O=C(COc1ccc(S(=O)(=O)Nc2ccc(Br)cc2)cc1)NCCc1ccccc1. The second-order valence-corrected chi connectivity index (χ2v) is 9.06. The minimum absolute atomic E-state index is 0.102. The number of carbonyl (C=O) groups excluding carboxylic acids is 1. The molecule has 0 bridgehead atoms. The van der Waals surface area contributed by atoms with Crippen LogP contribution in [0.15, 0.2) is 88.2 Å². The molecule has 1 amide bonds. The summed E-state index contributed by atoms with van der Waals surface area (Å²) in [6.45, 7) is 0.378. The number of benzene rings is 3. The van der Waals surface area contributed by atoms with Crippen molar-refractivity contribution in [1.29, 1.82) is 0 Å². The van der Waals surface area contributed by atoms with E-state index in [1.54, 1.807) is 24.3 Å². The van der Waals surface area contributed by atoms with E-state index in [0.29, 0.717) is 18.0 Å². The van der Waals surface area contributed by atoms with Crippen LogP contribution >= 0.6 is 15.9 Å². The summed E-state index contributed by atoms with van der Waals surface area (Å²) in [6.07, 6.45) is 0.741. The number of anilines is 1. The maximum atomic E-state index is 12.5. The largest absolute Gasteiger partial charge is 0.484 e. The summed E-state index contributed by atoms with van der Waals surface area (Å²) in [4.78, 5) is 12.0. The average Bonchev–Trinajstić information content (AvgIpc) is 2.75. The van der Waals surface area contributed by atoms with Crippen LogP contribution < -0.4 is 14.8 Å². The predicted octanol–water partition coefficient (Wildman–Crippen LogP) is 3.99. The zero-order valence-electron chi connectivity index (χ0n) is 16.0. The van der Waals surface area contributed by atoms with Gasteiger partial charge in [0.2, 0.25) is 0 Å². The van der Waals surface area contributed by atoms with Crippen molar-refractivity contribution < 1.29 is 17.9 Å². The normalized spacial score (nSPS) is 11.0.